The third-order valence-corrected chi connectivity index (χ3v) is 4.78. The number of amides is 1. The average Bonchev–Trinajstić information content (AvgIpc) is 3.14. The van der Waals surface area contributed by atoms with Crippen molar-refractivity contribution in [3.8, 4) is 5.75 Å². The van der Waals surface area contributed by atoms with Gasteiger partial charge in [0.25, 0.3) is 0 Å². The molecule has 1 unspecified atom stereocenters. The van der Waals surface area contributed by atoms with E-state index in [4.69, 9.17) is 4.74 Å². The Balaban J connectivity index is 1.59. The zero-order valence-electron chi connectivity index (χ0n) is 16.0. The summed E-state index contributed by atoms with van der Waals surface area (Å²) in [7, 11) is 3.35. The maximum Gasteiger partial charge on any atom is 0.246 e. The van der Waals surface area contributed by atoms with Crippen LogP contribution in [0.15, 0.2) is 53.5 Å². The maximum absolute atomic E-state index is 12.6. The Morgan fingerprint density at radius 1 is 1.22 bits per heavy atom. The molecular formula is C21H26N4O2. The molecule has 0 spiro atoms. The lowest BCUT2D eigenvalue weighted by atomic mass is 10.1. The van der Waals surface area contributed by atoms with E-state index < -0.39 is 0 Å². The smallest absolute Gasteiger partial charge is 0.246 e. The van der Waals surface area contributed by atoms with Crippen LogP contribution in [0.3, 0.4) is 0 Å². The molecule has 0 bridgehead atoms. The second-order valence-corrected chi connectivity index (χ2v) is 6.46. The number of fused-ring (bicyclic) bond motifs is 1. The highest BCUT2D eigenvalue weighted by Crippen LogP contribution is 2.27. The van der Waals surface area contributed by atoms with Crippen LogP contribution in [0, 0.1) is 0 Å². The third-order valence-electron chi connectivity index (χ3n) is 4.78. The van der Waals surface area contributed by atoms with E-state index in [1.807, 2.05) is 54.3 Å². The molecule has 0 aliphatic carbocycles. The SMILES string of the molecule is CN=C(NCC(=O)N1CCc2ccccc21)NC(C)c1ccccc1OC. The minimum absolute atomic E-state index is 0.0186. The fourth-order valence-electron chi connectivity index (χ4n) is 3.35. The van der Waals surface area contributed by atoms with Gasteiger partial charge in [0.15, 0.2) is 5.96 Å². The summed E-state index contributed by atoms with van der Waals surface area (Å²) < 4.78 is 5.42. The van der Waals surface area contributed by atoms with Gasteiger partial charge in [-0.25, -0.2) is 0 Å². The Hall–Kier alpha value is -3.02. The first-order valence-corrected chi connectivity index (χ1v) is 9.12. The number of carbonyl (C=O) groups is 1. The first-order chi connectivity index (χ1) is 13.1. The van der Waals surface area contributed by atoms with Crippen molar-refractivity contribution < 1.29 is 9.53 Å². The lowest BCUT2D eigenvalue weighted by Gasteiger charge is -2.21. The van der Waals surface area contributed by atoms with Gasteiger partial charge in [0.05, 0.1) is 19.7 Å². The number of guanidine groups is 1. The Labute approximate surface area is 160 Å². The average molecular weight is 366 g/mol. The fraction of sp³-hybridized carbons (Fsp3) is 0.333. The molecule has 0 radical (unpaired) electrons. The highest BCUT2D eigenvalue weighted by Gasteiger charge is 2.24. The molecule has 0 fully saturated rings. The number of rotatable bonds is 5. The number of aliphatic imine (C=N–C) groups is 1. The topological polar surface area (TPSA) is 66.0 Å². The van der Waals surface area contributed by atoms with Crippen LogP contribution in [0.4, 0.5) is 5.69 Å². The fourth-order valence-corrected chi connectivity index (χ4v) is 3.35. The van der Waals surface area contributed by atoms with E-state index in [-0.39, 0.29) is 18.5 Å². The highest BCUT2D eigenvalue weighted by molar-refractivity contribution is 5.98. The molecule has 142 valence electrons. The summed E-state index contributed by atoms with van der Waals surface area (Å²) in [6, 6.07) is 15.9. The zero-order chi connectivity index (χ0) is 19.2. The van der Waals surface area contributed by atoms with Crippen molar-refractivity contribution in [2.24, 2.45) is 4.99 Å². The molecule has 1 heterocycles. The molecule has 1 aliphatic rings. The molecule has 6 nitrogen and oxygen atoms in total. The van der Waals surface area contributed by atoms with E-state index in [0.29, 0.717) is 5.96 Å². The summed E-state index contributed by atoms with van der Waals surface area (Å²) in [4.78, 5) is 18.7. The van der Waals surface area contributed by atoms with Gasteiger partial charge in [-0.05, 0) is 31.0 Å². The highest BCUT2D eigenvalue weighted by atomic mass is 16.5. The quantitative estimate of drug-likeness (QED) is 0.630. The summed E-state index contributed by atoms with van der Waals surface area (Å²) in [5.74, 6) is 1.43. The number of anilines is 1. The Morgan fingerprint density at radius 3 is 2.74 bits per heavy atom. The number of hydrogen-bond donors (Lipinski definition) is 2. The summed E-state index contributed by atoms with van der Waals surface area (Å²) in [5, 5.41) is 6.43. The van der Waals surface area contributed by atoms with Crippen molar-refractivity contribution in [2.45, 2.75) is 19.4 Å². The molecule has 0 saturated heterocycles. The van der Waals surface area contributed by atoms with Gasteiger partial charge < -0.3 is 20.3 Å². The molecule has 2 aromatic rings. The monoisotopic (exact) mass is 366 g/mol. The van der Waals surface area contributed by atoms with Crippen molar-refractivity contribution in [2.75, 3.05) is 32.1 Å². The van der Waals surface area contributed by atoms with Crippen LogP contribution in [0.2, 0.25) is 0 Å². The van der Waals surface area contributed by atoms with Gasteiger partial charge >= 0.3 is 0 Å². The molecule has 0 saturated carbocycles. The van der Waals surface area contributed by atoms with Crippen LogP contribution in [0.25, 0.3) is 0 Å². The van der Waals surface area contributed by atoms with Crippen molar-refractivity contribution >= 4 is 17.6 Å². The minimum Gasteiger partial charge on any atom is -0.496 e. The second kappa shape index (κ2) is 8.58. The number of hydrogen-bond acceptors (Lipinski definition) is 3. The van der Waals surface area contributed by atoms with Gasteiger partial charge in [-0.15, -0.1) is 0 Å². The lowest BCUT2D eigenvalue weighted by molar-refractivity contribution is -0.117. The molecular weight excluding hydrogens is 340 g/mol. The van der Waals surface area contributed by atoms with Gasteiger partial charge in [0, 0.05) is 24.8 Å². The number of benzene rings is 2. The summed E-state index contributed by atoms with van der Waals surface area (Å²) in [6.07, 6.45) is 0.903. The van der Waals surface area contributed by atoms with Crippen LogP contribution in [0.5, 0.6) is 5.75 Å². The lowest BCUT2D eigenvalue weighted by Crippen LogP contribution is -2.45. The number of carbonyl (C=O) groups excluding carboxylic acids is 1. The van der Waals surface area contributed by atoms with Gasteiger partial charge in [0.1, 0.15) is 5.75 Å². The van der Waals surface area contributed by atoms with Gasteiger partial charge in [-0.3, -0.25) is 9.79 Å². The summed E-state index contributed by atoms with van der Waals surface area (Å²) in [5.41, 5.74) is 3.26. The van der Waals surface area contributed by atoms with Crippen molar-refractivity contribution in [3.05, 3.63) is 59.7 Å². The van der Waals surface area contributed by atoms with E-state index >= 15 is 0 Å². The number of methoxy groups -OCH3 is 1. The van der Waals surface area contributed by atoms with E-state index in [2.05, 4.69) is 21.7 Å². The molecule has 1 atom stereocenters. The summed E-state index contributed by atoms with van der Waals surface area (Å²) in [6.45, 7) is 2.94. The predicted octanol–water partition coefficient (Wildman–Crippen LogP) is 2.51. The second-order valence-electron chi connectivity index (χ2n) is 6.46. The van der Waals surface area contributed by atoms with E-state index in [0.717, 1.165) is 30.0 Å². The predicted molar refractivity (Wildman–Crippen MR) is 108 cm³/mol. The van der Waals surface area contributed by atoms with Crippen LogP contribution in [-0.4, -0.2) is 39.1 Å². The standard InChI is InChI=1S/C21H26N4O2/c1-15(17-9-5-7-11-19(17)27-3)24-21(22-2)23-14-20(26)25-13-12-16-8-4-6-10-18(16)25/h4-11,15H,12-14H2,1-3H3,(H2,22,23,24). The molecule has 1 aliphatic heterocycles. The van der Waals surface area contributed by atoms with Crippen molar-refractivity contribution in [3.63, 3.8) is 0 Å². The zero-order valence-corrected chi connectivity index (χ0v) is 16.0. The first-order valence-electron chi connectivity index (χ1n) is 9.12. The summed E-state index contributed by atoms with van der Waals surface area (Å²) >= 11 is 0. The molecule has 3 rings (SSSR count). The normalized spacial score (nSPS) is 14.5. The molecule has 1 amide bonds. The third kappa shape index (κ3) is 4.22. The molecule has 2 aromatic carbocycles. The van der Waals surface area contributed by atoms with Gasteiger partial charge in [-0.2, -0.15) is 0 Å². The van der Waals surface area contributed by atoms with Crippen LogP contribution < -0.4 is 20.3 Å². The van der Waals surface area contributed by atoms with Crippen LogP contribution in [0.1, 0.15) is 24.1 Å². The largest absolute Gasteiger partial charge is 0.496 e. The van der Waals surface area contributed by atoms with Gasteiger partial charge in [-0.1, -0.05) is 36.4 Å². The molecule has 2 N–H and O–H groups in total. The maximum atomic E-state index is 12.6. The first kappa shape index (κ1) is 18.8. The Morgan fingerprint density at radius 2 is 1.96 bits per heavy atom. The molecule has 27 heavy (non-hydrogen) atoms. The van der Waals surface area contributed by atoms with E-state index in [1.54, 1.807) is 14.2 Å². The number of para-hydroxylation sites is 2. The number of ether oxygens (including phenoxy) is 1. The van der Waals surface area contributed by atoms with E-state index in [1.165, 1.54) is 5.56 Å². The Kier molecular flexibility index (Phi) is 5.96. The van der Waals surface area contributed by atoms with Crippen LogP contribution >= 0.6 is 0 Å². The molecule has 0 aromatic heterocycles. The number of nitrogens with one attached hydrogen (secondary N) is 2. The number of nitrogens with zero attached hydrogens (tertiary/aromatic N) is 2. The minimum atomic E-state index is -0.0186. The Bertz CT molecular complexity index is 834. The van der Waals surface area contributed by atoms with Crippen molar-refractivity contribution in [1.82, 2.24) is 10.6 Å². The van der Waals surface area contributed by atoms with Gasteiger partial charge in [0.2, 0.25) is 5.91 Å². The molecule has 6 heteroatoms. The van der Waals surface area contributed by atoms with E-state index in [9.17, 15) is 4.79 Å². The van der Waals surface area contributed by atoms with Crippen LogP contribution in [-0.2, 0) is 11.2 Å². The van der Waals surface area contributed by atoms with Crippen molar-refractivity contribution in [1.29, 1.82) is 0 Å².